The molecule has 3 rings (SSSR count). The third-order valence-corrected chi connectivity index (χ3v) is 4.11. The topological polar surface area (TPSA) is 87.6 Å². The van der Waals surface area contributed by atoms with Crippen molar-refractivity contribution in [3.05, 3.63) is 58.4 Å². The third-order valence-electron chi connectivity index (χ3n) is 3.87. The summed E-state index contributed by atoms with van der Waals surface area (Å²) in [6.45, 7) is 2.41. The molecule has 26 heavy (non-hydrogen) atoms. The van der Waals surface area contributed by atoms with Gasteiger partial charge in [0.05, 0.1) is 25.9 Å². The van der Waals surface area contributed by atoms with Crippen molar-refractivity contribution in [3.8, 4) is 5.75 Å². The first-order valence-electron chi connectivity index (χ1n) is 8.23. The fourth-order valence-corrected chi connectivity index (χ4v) is 2.75. The number of nitrogens with one attached hydrogen (secondary N) is 3. The molecule has 7 nitrogen and oxygen atoms in total. The van der Waals surface area contributed by atoms with Crippen LogP contribution in [0.4, 0.5) is 0 Å². The molecule has 2 aromatic rings. The van der Waals surface area contributed by atoms with Gasteiger partial charge >= 0.3 is 0 Å². The number of aromatic nitrogens is 1. The minimum atomic E-state index is -0.188. The minimum Gasteiger partial charge on any atom is -0.496 e. The lowest BCUT2D eigenvalue weighted by atomic mass is 10.1. The minimum absolute atomic E-state index is 0.188. The fourth-order valence-electron chi connectivity index (χ4n) is 2.57. The van der Waals surface area contributed by atoms with Crippen molar-refractivity contribution in [1.82, 2.24) is 20.9 Å². The standard InChI is InChI=1S/C18H20ClN5O2/c1-26-16-3-2-12(8-13(16)10-24-18-21-6-7-22-18)17(25)23-11-15-9-14(19)4-5-20-15/h2-5,8-9H,6-7,10-11H2,1H3,(H,23,25)(H2,21,22,24). The maximum absolute atomic E-state index is 12.4. The molecule has 0 spiro atoms. The van der Waals surface area contributed by atoms with Gasteiger partial charge in [0.2, 0.25) is 0 Å². The van der Waals surface area contributed by atoms with Crippen molar-refractivity contribution in [2.75, 3.05) is 20.2 Å². The van der Waals surface area contributed by atoms with Gasteiger partial charge in [-0.15, -0.1) is 0 Å². The number of hydrogen-bond donors (Lipinski definition) is 3. The number of ether oxygens (including phenoxy) is 1. The van der Waals surface area contributed by atoms with Crippen molar-refractivity contribution in [2.45, 2.75) is 13.1 Å². The third kappa shape index (κ3) is 4.64. The highest BCUT2D eigenvalue weighted by Crippen LogP contribution is 2.20. The van der Waals surface area contributed by atoms with Crippen molar-refractivity contribution in [1.29, 1.82) is 0 Å². The Labute approximate surface area is 156 Å². The van der Waals surface area contributed by atoms with Crippen LogP contribution in [-0.4, -0.2) is 37.1 Å². The summed E-state index contributed by atoms with van der Waals surface area (Å²) in [4.78, 5) is 20.9. The highest BCUT2D eigenvalue weighted by molar-refractivity contribution is 6.30. The van der Waals surface area contributed by atoms with E-state index < -0.39 is 0 Å². The van der Waals surface area contributed by atoms with Crippen LogP contribution in [0.5, 0.6) is 5.75 Å². The van der Waals surface area contributed by atoms with Crippen molar-refractivity contribution in [3.63, 3.8) is 0 Å². The van der Waals surface area contributed by atoms with E-state index in [0.29, 0.717) is 35.1 Å². The van der Waals surface area contributed by atoms with E-state index in [1.807, 2.05) is 6.07 Å². The molecule has 0 unspecified atom stereocenters. The maximum Gasteiger partial charge on any atom is 0.251 e. The molecule has 2 heterocycles. The van der Waals surface area contributed by atoms with E-state index in [1.165, 1.54) is 0 Å². The van der Waals surface area contributed by atoms with Crippen molar-refractivity contribution < 1.29 is 9.53 Å². The smallest absolute Gasteiger partial charge is 0.251 e. The van der Waals surface area contributed by atoms with Crippen LogP contribution in [0, 0.1) is 0 Å². The van der Waals surface area contributed by atoms with Crippen LogP contribution in [0.15, 0.2) is 41.5 Å². The van der Waals surface area contributed by atoms with Gasteiger partial charge in [-0.2, -0.15) is 0 Å². The lowest BCUT2D eigenvalue weighted by Crippen LogP contribution is -2.33. The molecule has 0 fully saturated rings. The molecular formula is C18H20ClN5O2. The molecule has 0 saturated heterocycles. The first-order valence-corrected chi connectivity index (χ1v) is 8.61. The Morgan fingerprint density at radius 1 is 1.31 bits per heavy atom. The Bertz CT molecular complexity index is 825. The summed E-state index contributed by atoms with van der Waals surface area (Å²) in [5, 5.41) is 9.79. The predicted octanol–water partition coefficient (Wildman–Crippen LogP) is 1.72. The number of carbonyl (C=O) groups is 1. The van der Waals surface area contributed by atoms with Crippen LogP contribution in [-0.2, 0) is 13.1 Å². The molecule has 0 saturated carbocycles. The molecule has 1 aromatic heterocycles. The zero-order valence-electron chi connectivity index (χ0n) is 14.4. The highest BCUT2D eigenvalue weighted by Gasteiger charge is 2.12. The molecule has 136 valence electrons. The quantitative estimate of drug-likeness (QED) is 0.717. The van der Waals surface area contributed by atoms with Gasteiger partial charge in [0, 0.05) is 35.4 Å². The second-order valence-corrected chi connectivity index (χ2v) is 6.12. The molecule has 1 amide bonds. The molecular weight excluding hydrogens is 354 g/mol. The van der Waals surface area contributed by atoms with E-state index in [2.05, 4.69) is 25.9 Å². The number of carbonyl (C=O) groups excluding carboxylic acids is 1. The first kappa shape index (κ1) is 18.0. The number of rotatable bonds is 6. The van der Waals surface area contributed by atoms with Gasteiger partial charge in [-0.25, -0.2) is 0 Å². The molecule has 0 bridgehead atoms. The Morgan fingerprint density at radius 2 is 2.19 bits per heavy atom. The number of halogens is 1. The number of hydrogen-bond acceptors (Lipinski definition) is 6. The Balaban J connectivity index is 1.66. The molecule has 1 aliphatic rings. The average Bonchev–Trinajstić information content (AvgIpc) is 3.18. The lowest BCUT2D eigenvalue weighted by Gasteiger charge is -2.13. The summed E-state index contributed by atoms with van der Waals surface area (Å²) in [7, 11) is 1.61. The van der Waals surface area contributed by atoms with Crippen molar-refractivity contribution >= 4 is 23.5 Å². The Hall–Kier alpha value is -2.80. The second kappa shape index (κ2) is 8.53. The molecule has 3 N–H and O–H groups in total. The number of amides is 1. The predicted molar refractivity (Wildman–Crippen MR) is 101 cm³/mol. The van der Waals surface area contributed by atoms with Gasteiger partial charge in [-0.1, -0.05) is 11.6 Å². The van der Waals surface area contributed by atoms with E-state index >= 15 is 0 Å². The number of aliphatic imine (C=N–C) groups is 1. The molecule has 8 heteroatoms. The monoisotopic (exact) mass is 373 g/mol. The summed E-state index contributed by atoms with van der Waals surface area (Å²) in [5.74, 6) is 1.28. The molecule has 0 atom stereocenters. The van der Waals surface area contributed by atoms with Gasteiger partial charge in [-0.05, 0) is 30.3 Å². The average molecular weight is 374 g/mol. The first-order chi connectivity index (χ1) is 12.7. The van der Waals surface area contributed by atoms with Gasteiger partial charge in [-0.3, -0.25) is 14.8 Å². The van der Waals surface area contributed by atoms with E-state index in [1.54, 1.807) is 37.6 Å². The van der Waals surface area contributed by atoms with Gasteiger partial charge < -0.3 is 20.7 Å². The SMILES string of the molecule is COc1ccc(C(=O)NCc2cc(Cl)ccn2)cc1CNC1=NCCN1. The largest absolute Gasteiger partial charge is 0.496 e. The van der Waals surface area contributed by atoms with Gasteiger partial charge in [0.25, 0.3) is 5.91 Å². The van der Waals surface area contributed by atoms with E-state index in [0.717, 1.165) is 24.6 Å². The number of guanidine groups is 1. The van der Waals surface area contributed by atoms with Crippen molar-refractivity contribution in [2.24, 2.45) is 4.99 Å². The number of methoxy groups -OCH3 is 1. The number of pyridine rings is 1. The van der Waals surface area contributed by atoms with E-state index in [-0.39, 0.29) is 5.91 Å². The normalized spacial score (nSPS) is 12.9. The molecule has 1 aromatic carbocycles. The Morgan fingerprint density at radius 3 is 2.92 bits per heavy atom. The van der Waals surface area contributed by atoms with E-state index in [9.17, 15) is 4.79 Å². The lowest BCUT2D eigenvalue weighted by molar-refractivity contribution is 0.0950. The van der Waals surface area contributed by atoms with Crippen LogP contribution in [0.25, 0.3) is 0 Å². The zero-order valence-corrected chi connectivity index (χ0v) is 15.1. The summed E-state index contributed by atoms with van der Waals surface area (Å²) in [5.41, 5.74) is 2.12. The van der Waals surface area contributed by atoms with Gasteiger partial charge in [0.1, 0.15) is 5.75 Å². The number of nitrogens with zero attached hydrogens (tertiary/aromatic N) is 2. The summed E-state index contributed by atoms with van der Waals surface area (Å²) >= 11 is 5.93. The molecule has 0 radical (unpaired) electrons. The van der Waals surface area contributed by atoms with Crippen LogP contribution >= 0.6 is 11.6 Å². The van der Waals surface area contributed by atoms with Crippen LogP contribution in [0.3, 0.4) is 0 Å². The summed E-state index contributed by atoms with van der Waals surface area (Å²) in [6.07, 6.45) is 1.61. The number of benzene rings is 1. The molecule has 1 aliphatic heterocycles. The highest BCUT2D eigenvalue weighted by atomic mass is 35.5. The van der Waals surface area contributed by atoms with Crippen LogP contribution in [0.1, 0.15) is 21.6 Å². The second-order valence-electron chi connectivity index (χ2n) is 5.69. The summed E-state index contributed by atoms with van der Waals surface area (Å²) < 4.78 is 5.38. The van der Waals surface area contributed by atoms with Crippen LogP contribution < -0.4 is 20.7 Å². The Kier molecular flexibility index (Phi) is 5.91. The fraction of sp³-hybridized carbons (Fsp3) is 0.278. The maximum atomic E-state index is 12.4. The van der Waals surface area contributed by atoms with Gasteiger partial charge in [0.15, 0.2) is 5.96 Å². The van der Waals surface area contributed by atoms with Crippen LogP contribution in [0.2, 0.25) is 5.02 Å². The summed E-state index contributed by atoms with van der Waals surface area (Å²) in [6, 6.07) is 8.74. The zero-order chi connectivity index (χ0) is 18.4. The molecule has 0 aliphatic carbocycles. The van der Waals surface area contributed by atoms with E-state index in [4.69, 9.17) is 16.3 Å².